The summed E-state index contributed by atoms with van der Waals surface area (Å²) in [5.74, 6) is 0. The first-order chi connectivity index (χ1) is 6.81. The van der Waals surface area contributed by atoms with Crippen molar-refractivity contribution in [2.75, 3.05) is 5.32 Å². The van der Waals surface area contributed by atoms with Gasteiger partial charge in [0.1, 0.15) is 0 Å². The molecule has 1 aromatic carbocycles. The molecule has 1 N–H and O–H groups in total. The number of para-hydroxylation sites is 1. The van der Waals surface area contributed by atoms with Crippen molar-refractivity contribution < 1.29 is 0 Å². The van der Waals surface area contributed by atoms with E-state index < -0.39 is 0 Å². The van der Waals surface area contributed by atoms with Crippen molar-refractivity contribution >= 4 is 5.69 Å². The minimum atomic E-state index is 0.476. The van der Waals surface area contributed by atoms with E-state index in [9.17, 15) is 0 Å². The maximum Gasteiger partial charge on any atom is 0.0445 e. The van der Waals surface area contributed by atoms with E-state index in [0.29, 0.717) is 6.04 Å². The number of hydrogen-bond acceptors (Lipinski definition) is 1. The number of allylic oxidation sites excluding steroid dienone is 1. The summed E-state index contributed by atoms with van der Waals surface area (Å²) >= 11 is 0. The monoisotopic (exact) mass is 187 g/mol. The molecule has 1 unspecified atom stereocenters. The van der Waals surface area contributed by atoms with Gasteiger partial charge in [0, 0.05) is 11.7 Å². The van der Waals surface area contributed by atoms with Gasteiger partial charge in [0.2, 0.25) is 0 Å². The normalized spacial score (nSPS) is 20.4. The van der Waals surface area contributed by atoms with Gasteiger partial charge in [-0.25, -0.2) is 0 Å². The fourth-order valence-corrected chi connectivity index (χ4v) is 2.03. The summed E-state index contributed by atoms with van der Waals surface area (Å²) in [5.41, 5.74) is 4.21. The number of rotatable bonds is 1. The molecule has 14 heavy (non-hydrogen) atoms. The van der Waals surface area contributed by atoms with E-state index in [-0.39, 0.29) is 0 Å². The standard InChI is InChI=1S/C13H17N/c1-3-11-8-9-12-6-4-5-7-13(12)14-10(11)2/h4-8,10,14H,3,9H2,1-2H3. The molecule has 1 aromatic rings. The Morgan fingerprint density at radius 2 is 2.14 bits per heavy atom. The fraction of sp³-hybridized carbons (Fsp3) is 0.385. The topological polar surface area (TPSA) is 12.0 Å². The molecule has 74 valence electrons. The molecule has 1 aliphatic rings. The van der Waals surface area contributed by atoms with Crippen LogP contribution in [0.15, 0.2) is 35.9 Å². The zero-order valence-corrected chi connectivity index (χ0v) is 8.88. The fourth-order valence-electron chi connectivity index (χ4n) is 2.03. The van der Waals surface area contributed by atoms with Crippen LogP contribution in [0.4, 0.5) is 5.69 Å². The molecule has 0 saturated carbocycles. The molecule has 1 atom stereocenters. The van der Waals surface area contributed by atoms with Gasteiger partial charge in [-0.15, -0.1) is 0 Å². The molecule has 0 aromatic heterocycles. The lowest BCUT2D eigenvalue weighted by Crippen LogP contribution is -2.16. The number of nitrogens with one attached hydrogen (secondary N) is 1. The molecule has 0 aliphatic carbocycles. The second kappa shape index (κ2) is 3.87. The Morgan fingerprint density at radius 3 is 2.93 bits per heavy atom. The van der Waals surface area contributed by atoms with Crippen LogP contribution in [0.2, 0.25) is 0 Å². The molecular formula is C13H17N. The van der Waals surface area contributed by atoms with Crippen LogP contribution in [0, 0.1) is 0 Å². The van der Waals surface area contributed by atoms with Gasteiger partial charge in [0.25, 0.3) is 0 Å². The average molecular weight is 187 g/mol. The lowest BCUT2D eigenvalue weighted by Gasteiger charge is -2.16. The quantitative estimate of drug-likeness (QED) is 0.665. The van der Waals surface area contributed by atoms with Crippen molar-refractivity contribution in [3.8, 4) is 0 Å². The lowest BCUT2D eigenvalue weighted by atomic mass is 10.1. The van der Waals surface area contributed by atoms with Crippen LogP contribution in [0.25, 0.3) is 0 Å². The van der Waals surface area contributed by atoms with E-state index >= 15 is 0 Å². The van der Waals surface area contributed by atoms with Crippen LogP contribution < -0.4 is 5.32 Å². The van der Waals surface area contributed by atoms with Gasteiger partial charge in [0.05, 0.1) is 0 Å². The van der Waals surface area contributed by atoms with Gasteiger partial charge in [-0.2, -0.15) is 0 Å². The SMILES string of the molecule is CCC1=CCc2ccccc2NC1C. The number of hydrogen-bond donors (Lipinski definition) is 1. The first kappa shape index (κ1) is 9.32. The van der Waals surface area contributed by atoms with E-state index in [1.165, 1.54) is 16.8 Å². The highest BCUT2D eigenvalue weighted by Crippen LogP contribution is 2.24. The molecule has 0 saturated heterocycles. The average Bonchev–Trinajstić information content (AvgIpc) is 2.36. The van der Waals surface area contributed by atoms with Gasteiger partial charge < -0.3 is 5.32 Å². The van der Waals surface area contributed by atoms with Crippen molar-refractivity contribution in [3.63, 3.8) is 0 Å². The second-order valence-electron chi connectivity index (χ2n) is 3.86. The van der Waals surface area contributed by atoms with E-state index in [1.54, 1.807) is 0 Å². The Morgan fingerprint density at radius 1 is 1.36 bits per heavy atom. The Bertz CT molecular complexity index is 352. The molecule has 0 amide bonds. The molecule has 1 heteroatoms. The molecule has 1 aliphatic heterocycles. The first-order valence-electron chi connectivity index (χ1n) is 5.34. The van der Waals surface area contributed by atoms with Gasteiger partial charge in [-0.05, 0) is 31.4 Å². The third-order valence-electron chi connectivity index (χ3n) is 2.94. The van der Waals surface area contributed by atoms with Crippen molar-refractivity contribution in [2.24, 2.45) is 0 Å². The summed E-state index contributed by atoms with van der Waals surface area (Å²) < 4.78 is 0. The summed E-state index contributed by atoms with van der Waals surface area (Å²) in [7, 11) is 0. The zero-order chi connectivity index (χ0) is 9.97. The Balaban J connectivity index is 2.33. The van der Waals surface area contributed by atoms with E-state index in [4.69, 9.17) is 0 Å². The molecule has 0 fully saturated rings. The molecule has 0 bridgehead atoms. The summed E-state index contributed by atoms with van der Waals surface area (Å²) in [6, 6.07) is 9.04. The maximum absolute atomic E-state index is 3.56. The maximum atomic E-state index is 3.56. The van der Waals surface area contributed by atoms with Crippen molar-refractivity contribution in [3.05, 3.63) is 41.5 Å². The summed E-state index contributed by atoms with van der Waals surface area (Å²) in [6.45, 7) is 4.46. The molecule has 1 heterocycles. The Kier molecular flexibility index (Phi) is 2.58. The number of fused-ring (bicyclic) bond motifs is 1. The second-order valence-corrected chi connectivity index (χ2v) is 3.86. The van der Waals surface area contributed by atoms with E-state index in [2.05, 4.69) is 49.5 Å². The predicted molar refractivity (Wildman–Crippen MR) is 61.6 cm³/mol. The highest BCUT2D eigenvalue weighted by Gasteiger charge is 2.12. The summed E-state index contributed by atoms with van der Waals surface area (Å²) in [4.78, 5) is 0. The van der Waals surface area contributed by atoms with E-state index in [1.807, 2.05) is 0 Å². The highest BCUT2D eigenvalue weighted by atomic mass is 14.9. The smallest absolute Gasteiger partial charge is 0.0445 e. The van der Waals surface area contributed by atoms with Crippen LogP contribution in [-0.4, -0.2) is 6.04 Å². The third kappa shape index (κ3) is 1.67. The minimum absolute atomic E-state index is 0.476. The number of benzene rings is 1. The molecule has 1 nitrogen and oxygen atoms in total. The van der Waals surface area contributed by atoms with Crippen molar-refractivity contribution in [1.29, 1.82) is 0 Å². The van der Waals surface area contributed by atoms with Gasteiger partial charge in [-0.1, -0.05) is 36.8 Å². The van der Waals surface area contributed by atoms with Crippen LogP contribution in [0.3, 0.4) is 0 Å². The largest absolute Gasteiger partial charge is 0.379 e. The Hall–Kier alpha value is -1.24. The van der Waals surface area contributed by atoms with Crippen molar-refractivity contribution in [1.82, 2.24) is 0 Å². The van der Waals surface area contributed by atoms with Crippen LogP contribution in [0.1, 0.15) is 25.8 Å². The van der Waals surface area contributed by atoms with Crippen molar-refractivity contribution in [2.45, 2.75) is 32.7 Å². The molecule has 2 rings (SSSR count). The lowest BCUT2D eigenvalue weighted by molar-refractivity contribution is 0.865. The Labute approximate surface area is 85.8 Å². The van der Waals surface area contributed by atoms with Gasteiger partial charge >= 0.3 is 0 Å². The summed E-state index contributed by atoms with van der Waals surface area (Å²) in [5, 5.41) is 3.56. The van der Waals surface area contributed by atoms with E-state index in [0.717, 1.165) is 12.8 Å². The predicted octanol–water partition coefficient (Wildman–Crippen LogP) is 3.38. The summed E-state index contributed by atoms with van der Waals surface area (Å²) in [6.07, 6.45) is 4.57. The van der Waals surface area contributed by atoms with Gasteiger partial charge in [-0.3, -0.25) is 0 Å². The number of anilines is 1. The first-order valence-corrected chi connectivity index (χ1v) is 5.34. The van der Waals surface area contributed by atoms with Crippen LogP contribution in [-0.2, 0) is 6.42 Å². The highest BCUT2D eigenvalue weighted by molar-refractivity contribution is 5.55. The van der Waals surface area contributed by atoms with Crippen LogP contribution in [0.5, 0.6) is 0 Å². The van der Waals surface area contributed by atoms with Crippen LogP contribution >= 0.6 is 0 Å². The molecular weight excluding hydrogens is 170 g/mol. The zero-order valence-electron chi connectivity index (χ0n) is 8.88. The third-order valence-corrected chi connectivity index (χ3v) is 2.94. The molecule has 0 spiro atoms. The molecule has 0 radical (unpaired) electrons. The minimum Gasteiger partial charge on any atom is -0.379 e. The van der Waals surface area contributed by atoms with Gasteiger partial charge in [0.15, 0.2) is 0 Å².